The van der Waals surface area contributed by atoms with Gasteiger partial charge in [-0.3, -0.25) is 4.79 Å². The second kappa shape index (κ2) is 5.71. The predicted octanol–water partition coefficient (Wildman–Crippen LogP) is 3.15. The predicted molar refractivity (Wildman–Crippen MR) is 64.2 cm³/mol. The van der Waals surface area contributed by atoms with Gasteiger partial charge in [0.15, 0.2) is 5.78 Å². The summed E-state index contributed by atoms with van der Waals surface area (Å²) >= 11 is 3.38. The Morgan fingerprint density at radius 3 is 2.80 bits per heavy atom. The number of allylic oxidation sites excluding steroid dienone is 2. The van der Waals surface area contributed by atoms with Crippen molar-refractivity contribution < 1.29 is 9.53 Å². The van der Waals surface area contributed by atoms with Gasteiger partial charge in [0.25, 0.3) is 0 Å². The Kier molecular flexibility index (Phi) is 4.56. The first-order chi connectivity index (χ1) is 7.17. The first-order valence-corrected chi connectivity index (χ1v) is 5.44. The first kappa shape index (κ1) is 12.0. The smallest absolute Gasteiger partial charge is 0.159 e. The van der Waals surface area contributed by atoms with Crippen molar-refractivity contribution in [2.45, 2.75) is 13.3 Å². The zero-order valence-corrected chi connectivity index (χ0v) is 10.4. The van der Waals surface area contributed by atoms with Crippen molar-refractivity contribution >= 4 is 21.7 Å². The Morgan fingerprint density at radius 2 is 2.27 bits per heavy atom. The van der Waals surface area contributed by atoms with Crippen LogP contribution in [-0.2, 0) is 11.2 Å². The molecule has 0 amide bonds. The maximum atomic E-state index is 11.3. The van der Waals surface area contributed by atoms with Gasteiger partial charge < -0.3 is 4.74 Å². The van der Waals surface area contributed by atoms with Crippen molar-refractivity contribution in [3.05, 3.63) is 40.4 Å². The van der Waals surface area contributed by atoms with Crippen LogP contribution in [0.5, 0.6) is 5.75 Å². The second-order valence-electron chi connectivity index (χ2n) is 3.11. The Labute approximate surface area is 98.1 Å². The largest absolute Gasteiger partial charge is 0.496 e. The van der Waals surface area contributed by atoms with Crippen molar-refractivity contribution in [1.29, 1.82) is 0 Å². The number of ether oxygens (including phenoxy) is 1. The molecule has 3 heteroatoms. The summed E-state index contributed by atoms with van der Waals surface area (Å²) in [6.45, 7) is 1.84. The quantitative estimate of drug-likeness (QED) is 0.785. The zero-order chi connectivity index (χ0) is 11.3. The normalized spacial score (nSPS) is 10.6. The molecule has 0 atom stereocenters. The van der Waals surface area contributed by atoms with Crippen LogP contribution in [0.2, 0.25) is 0 Å². The third kappa shape index (κ3) is 3.51. The van der Waals surface area contributed by atoms with Gasteiger partial charge in [0.2, 0.25) is 0 Å². The van der Waals surface area contributed by atoms with Crippen molar-refractivity contribution in [3.63, 3.8) is 0 Å². The van der Waals surface area contributed by atoms with Crippen molar-refractivity contribution in [2.24, 2.45) is 0 Å². The summed E-state index contributed by atoms with van der Waals surface area (Å²) in [5.41, 5.74) is 0.978. The molecule has 1 aromatic rings. The number of methoxy groups -OCH3 is 1. The molecule has 0 unspecified atom stereocenters. The van der Waals surface area contributed by atoms with E-state index in [9.17, 15) is 4.79 Å². The van der Waals surface area contributed by atoms with E-state index < -0.39 is 0 Å². The molecule has 0 aromatic heterocycles. The fourth-order valence-corrected chi connectivity index (χ4v) is 1.85. The van der Waals surface area contributed by atoms with E-state index >= 15 is 0 Å². The number of ketones is 1. The highest BCUT2D eigenvalue weighted by molar-refractivity contribution is 9.10. The highest BCUT2D eigenvalue weighted by atomic mass is 79.9. The van der Waals surface area contributed by atoms with Crippen LogP contribution in [0.1, 0.15) is 12.5 Å². The van der Waals surface area contributed by atoms with Gasteiger partial charge in [0.05, 0.1) is 11.6 Å². The molecule has 80 valence electrons. The van der Waals surface area contributed by atoms with Crippen LogP contribution in [-0.4, -0.2) is 12.9 Å². The maximum absolute atomic E-state index is 11.3. The third-order valence-corrected chi connectivity index (χ3v) is 2.57. The van der Waals surface area contributed by atoms with Crippen LogP contribution in [0.25, 0.3) is 0 Å². The minimum Gasteiger partial charge on any atom is -0.496 e. The van der Waals surface area contributed by atoms with Gasteiger partial charge >= 0.3 is 0 Å². The maximum Gasteiger partial charge on any atom is 0.159 e. The number of carbonyl (C=O) groups is 1. The Bertz CT molecular complexity index is 383. The molecule has 0 bridgehead atoms. The lowest BCUT2D eigenvalue weighted by Gasteiger charge is -2.04. The summed E-state index contributed by atoms with van der Waals surface area (Å²) in [7, 11) is 1.62. The van der Waals surface area contributed by atoms with Crippen molar-refractivity contribution in [1.82, 2.24) is 0 Å². The van der Waals surface area contributed by atoms with E-state index in [1.165, 1.54) is 0 Å². The number of carbonyl (C=O) groups excluding carboxylic acids is 1. The van der Waals surface area contributed by atoms with E-state index in [-0.39, 0.29) is 5.78 Å². The van der Waals surface area contributed by atoms with Crippen molar-refractivity contribution in [3.8, 4) is 5.75 Å². The molecule has 0 saturated heterocycles. The molecule has 0 spiro atoms. The summed E-state index contributed by atoms with van der Waals surface area (Å²) in [5.74, 6) is 0.881. The van der Waals surface area contributed by atoms with Crippen LogP contribution >= 0.6 is 15.9 Å². The molecule has 0 aliphatic heterocycles. The van der Waals surface area contributed by atoms with Crippen LogP contribution in [0.15, 0.2) is 34.8 Å². The summed E-state index contributed by atoms with van der Waals surface area (Å²) in [6.07, 6.45) is 3.76. The first-order valence-electron chi connectivity index (χ1n) is 4.65. The lowest BCUT2D eigenvalue weighted by molar-refractivity contribution is -0.114. The Morgan fingerprint density at radius 1 is 1.53 bits per heavy atom. The van der Waals surface area contributed by atoms with E-state index in [0.29, 0.717) is 6.42 Å². The molecule has 0 radical (unpaired) electrons. The van der Waals surface area contributed by atoms with E-state index in [4.69, 9.17) is 4.74 Å². The zero-order valence-electron chi connectivity index (χ0n) is 8.79. The minimum absolute atomic E-state index is 0.106. The lowest BCUT2D eigenvalue weighted by atomic mass is 10.1. The molecule has 15 heavy (non-hydrogen) atoms. The van der Waals surface area contributed by atoms with E-state index in [1.54, 1.807) is 19.3 Å². The minimum atomic E-state index is 0.106. The molecule has 1 rings (SSSR count). The summed E-state index contributed by atoms with van der Waals surface area (Å²) in [6, 6.07) is 5.65. The second-order valence-corrected chi connectivity index (χ2v) is 3.97. The van der Waals surface area contributed by atoms with E-state index in [1.807, 2.05) is 25.1 Å². The van der Waals surface area contributed by atoms with Crippen LogP contribution in [0, 0.1) is 0 Å². The van der Waals surface area contributed by atoms with E-state index in [0.717, 1.165) is 15.8 Å². The van der Waals surface area contributed by atoms with Gasteiger partial charge in [-0.15, -0.1) is 0 Å². The van der Waals surface area contributed by atoms with Gasteiger partial charge in [-0.25, -0.2) is 0 Å². The van der Waals surface area contributed by atoms with Gasteiger partial charge in [-0.2, -0.15) is 0 Å². The summed E-state index contributed by atoms with van der Waals surface area (Å²) < 4.78 is 5.98. The highest BCUT2D eigenvalue weighted by Gasteiger charge is 2.03. The molecule has 0 heterocycles. The molecule has 0 aliphatic carbocycles. The summed E-state index contributed by atoms with van der Waals surface area (Å²) in [5, 5.41) is 0. The number of rotatable bonds is 4. The fraction of sp³-hybridized carbons (Fsp3) is 0.250. The number of hydrogen-bond donors (Lipinski definition) is 0. The van der Waals surface area contributed by atoms with Crippen LogP contribution in [0.3, 0.4) is 0 Å². The molecule has 2 nitrogen and oxygen atoms in total. The molecule has 0 saturated carbocycles. The van der Waals surface area contributed by atoms with Gasteiger partial charge in [-0.1, -0.05) is 12.1 Å². The number of hydrogen-bond acceptors (Lipinski definition) is 2. The van der Waals surface area contributed by atoms with Gasteiger partial charge in [0.1, 0.15) is 5.75 Å². The molecule has 1 aromatic carbocycles. The average Bonchev–Trinajstić information content (AvgIpc) is 2.18. The molecular formula is C12H13BrO2. The molecular weight excluding hydrogens is 256 g/mol. The van der Waals surface area contributed by atoms with E-state index in [2.05, 4.69) is 15.9 Å². The Balaban J connectivity index is 2.79. The molecule has 0 aliphatic rings. The highest BCUT2D eigenvalue weighted by Crippen LogP contribution is 2.25. The molecule has 0 N–H and O–H groups in total. The van der Waals surface area contributed by atoms with Gasteiger partial charge in [-0.05, 0) is 46.6 Å². The number of benzene rings is 1. The molecule has 0 fully saturated rings. The average molecular weight is 269 g/mol. The monoisotopic (exact) mass is 268 g/mol. The van der Waals surface area contributed by atoms with Crippen molar-refractivity contribution in [2.75, 3.05) is 7.11 Å². The standard InChI is InChI=1S/C12H13BrO2/c1-3-4-10(14)7-9-5-6-12(15-2)11(13)8-9/h3-6,8H,7H2,1-2H3/b4-3+. The Hall–Kier alpha value is -1.09. The van der Waals surface area contributed by atoms with Gasteiger partial charge in [0, 0.05) is 6.42 Å². The SMILES string of the molecule is C/C=C/C(=O)Cc1ccc(OC)c(Br)c1. The third-order valence-electron chi connectivity index (χ3n) is 1.95. The topological polar surface area (TPSA) is 26.3 Å². The van der Waals surface area contributed by atoms with Crippen LogP contribution in [0.4, 0.5) is 0 Å². The lowest BCUT2D eigenvalue weighted by Crippen LogP contribution is -1.98. The summed E-state index contributed by atoms with van der Waals surface area (Å²) in [4.78, 5) is 11.3. The van der Waals surface area contributed by atoms with Crippen LogP contribution < -0.4 is 4.74 Å². The number of halogens is 1. The fourth-order valence-electron chi connectivity index (χ4n) is 1.27.